The molecule has 0 saturated carbocycles. The lowest BCUT2D eigenvalue weighted by molar-refractivity contribution is 0.00770. The minimum atomic E-state index is -3.17. The number of rotatable bonds is 4. The Hall–Kier alpha value is -2.02. The molecule has 2 aromatic rings. The van der Waals surface area contributed by atoms with Gasteiger partial charge in [-0.15, -0.1) is 0 Å². The fourth-order valence-electron chi connectivity index (χ4n) is 1.83. The van der Waals surface area contributed by atoms with Crippen molar-refractivity contribution in [1.29, 1.82) is 0 Å². The molecular formula is C14H13F4N3. The molecule has 0 spiro atoms. The molecular weight excluding hydrogens is 286 g/mol. The van der Waals surface area contributed by atoms with Crippen LogP contribution in [0.4, 0.5) is 17.6 Å². The van der Waals surface area contributed by atoms with Crippen LogP contribution in [0.2, 0.25) is 0 Å². The third-order valence-electron chi connectivity index (χ3n) is 2.86. The zero-order chi connectivity index (χ0) is 15.6. The summed E-state index contributed by atoms with van der Waals surface area (Å²) < 4.78 is 53.4. The molecule has 1 aromatic carbocycles. The normalized spacial score (nSPS) is 11.7. The Morgan fingerprint density at radius 3 is 2.24 bits per heavy atom. The summed E-state index contributed by atoms with van der Waals surface area (Å²) in [6.07, 6.45) is 2.19. The smallest absolute Gasteiger partial charge is 0.303 e. The van der Waals surface area contributed by atoms with Gasteiger partial charge in [0.25, 0.3) is 0 Å². The molecule has 0 bridgehead atoms. The summed E-state index contributed by atoms with van der Waals surface area (Å²) in [7, 11) is 1.63. The van der Waals surface area contributed by atoms with Gasteiger partial charge in [0, 0.05) is 48.6 Å². The first-order valence-electron chi connectivity index (χ1n) is 6.16. The van der Waals surface area contributed by atoms with E-state index >= 15 is 0 Å². The molecule has 0 radical (unpaired) electrons. The first-order chi connectivity index (χ1) is 9.82. The molecule has 0 unspecified atom stereocenters. The summed E-state index contributed by atoms with van der Waals surface area (Å²) in [4.78, 5) is 7.06. The van der Waals surface area contributed by atoms with Crippen LogP contribution in [0.3, 0.4) is 0 Å². The van der Waals surface area contributed by atoms with Crippen molar-refractivity contribution in [2.24, 2.45) is 0 Å². The molecule has 7 heteroatoms. The van der Waals surface area contributed by atoms with Gasteiger partial charge in [-0.1, -0.05) is 0 Å². The maximum Gasteiger partial charge on any atom is 0.303 e. The Balaban J connectivity index is 2.44. The van der Waals surface area contributed by atoms with Crippen LogP contribution in [0.25, 0.3) is 11.1 Å². The maximum atomic E-state index is 13.8. The van der Waals surface area contributed by atoms with Crippen LogP contribution in [0.5, 0.6) is 0 Å². The highest BCUT2D eigenvalue weighted by Gasteiger charge is 2.28. The molecule has 0 aliphatic carbocycles. The van der Waals surface area contributed by atoms with Crippen molar-refractivity contribution >= 4 is 0 Å². The van der Waals surface area contributed by atoms with E-state index < -0.39 is 23.4 Å². The molecule has 3 nitrogen and oxygen atoms in total. The summed E-state index contributed by atoms with van der Waals surface area (Å²) in [6.45, 7) is 0.886. The highest BCUT2D eigenvalue weighted by Crippen LogP contribution is 2.27. The number of halogens is 4. The molecule has 0 aliphatic heterocycles. The van der Waals surface area contributed by atoms with Gasteiger partial charge in [-0.2, -0.15) is 8.78 Å². The maximum absolute atomic E-state index is 13.8. The topological polar surface area (TPSA) is 37.8 Å². The average Bonchev–Trinajstić information content (AvgIpc) is 2.41. The van der Waals surface area contributed by atoms with Crippen LogP contribution in [-0.4, -0.2) is 17.0 Å². The van der Waals surface area contributed by atoms with Crippen molar-refractivity contribution in [2.45, 2.75) is 19.4 Å². The number of alkyl halides is 2. The van der Waals surface area contributed by atoms with Gasteiger partial charge in [0.05, 0.1) is 0 Å². The fourth-order valence-corrected chi connectivity index (χ4v) is 1.83. The number of aromatic nitrogens is 2. The van der Waals surface area contributed by atoms with Crippen LogP contribution in [0, 0.1) is 11.6 Å². The van der Waals surface area contributed by atoms with Crippen LogP contribution in [-0.2, 0) is 12.5 Å². The SMILES string of the molecule is CNCc1cc(-c2cnc(C(C)(F)F)nc2)c(F)cc1F. The third kappa shape index (κ3) is 3.36. The van der Waals surface area contributed by atoms with Crippen molar-refractivity contribution < 1.29 is 17.6 Å². The molecule has 0 saturated heterocycles. The monoisotopic (exact) mass is 299 g/mol. The van der Waals surface area contributed by atoms with E-state index in [4.69, 9.17) is 0 Å². The van der Waals surface area contributed by atoms with Gasteiger partial charge in [0.1, 0.15) is 11.6 Å². The zero-order valence-corrected chi connectivity index (χ0v) is 11.4. The summed E-state index contributed by atoms with van der Waals surface area (Å²) >= 11 is 0. The lowest BCUT2D eigenvalue weighted by atomic mass is 10.0. The highest BCUT2D eigenvalue weighted by molar-refractivity contribution is 5.63. The second-order valence-electron chi connectivity index (χ2n) is 4.64. The molecule has 112 valence electrons. The van der Waals surface area contributed by atoms with Crippen molar-refractivity contribution in [3.63, 3.8) is 0 Å². The van der Waals surface area contributed by atoms with E-state index in [0.29, 0.717) is 6.92 Å². The van der Waals surface area contributed by atoms with Crippen LogP contribution < -0.4 is 5.32 Å². The molecule has 0 fully saturated rings. The van der Waals surface area contributed by atoms with Crippen molar-refractivity contribution in [3.8, 4) is 11.1 Å². The summed E-state index contributed by atoms with van der Waals surface area (Å²) in [5, 5.41) is 2.76. The zero-order valence-electron chi connectivity index (χ0n) is 11.4. The van der Waals surface area contributed by atoms with Gasteiger partial charge in [-0.25, -0.2) is 18.7 Å². The molecule has 0 atom stereocenters. The Bertz CT molecular complexity index is 636. The minimum Gasteiger partial charge on any atom is -0.316 e. The summed E-state index contributed by atoms with van der Waals surface area (Å²) in [6, 6.07) is 2.06. The van der Waals surface area contributed by atoms with E-state index in [9.17, 15) is 17.6 Å². The molecule has 1 aromatic heterocycles. The molecule has 1 heterocycles. The standard InChI is InChI=1S/C14H13F4N3/c1-14(17,18)13-20-6-9(7-21-13)10-3-8(5-19-2)11(15)4-12(10)16/h3-4,6-7,19H,5H2,1-2H3. The second kappa shape index (κ2) is 5.77. The van der Waals surface area contributed by atoms with E-state index in [0.717, 1.165) is 18.5 Å². The minimum absolute atomic E-state index is 0.0626. The van der Waals surface area contributed by atoms with Crippen molar-refractivity contribution in [3.05, 3.63) is 47.5 Å². The number of benzene rings is 1. The Kier molecular flexibility index (Phi) is 4.22. The Labute approximate surface area is 119 Å². The molecule has 1 N–H and O–H groups in total. The van der Waals surface area contributed by atoms with Gasteiger partial charge in [-0.05, 0) is 13.1 Å². The second-order valence-corrected chi connectivity index (χ2v) is 4.64. The quantitative estimate of drug-likeness (QED) is 0.881. The van der Waals surface area contributed by atoms with E-state index in [1.165, 1.54) is 6.07 Å². The van der Waals surface area contributed by atoms with Gasteiger partial charge in [0.2, 0.25) is 0 Å². The van der Waals surface area contributed by atoms with E-state index in [1.54, 1.807) is 7.05 Å². The van der Waals surface area contributed by atoms with Gasteiger partial charge < -0.3 is 5.32 Å². The first kappa shape index (κ1) is 15.4. The van der Waals surface area contributed by atoms with Gasteiger partial charge in [-0.3, -0.25) is 0 Å². The molecule has 21 heavy (non-hydrogen) atoms. The Morgan fingerprint density at radius 1 is 1.10 bits per heavy atom. The van der Waals surface area contributed by atoms with Gasteiger partial charge in [0.15, 0.2) is 5.82 Å². The lowest BCUT2D eigenvalue weighted by Gasteiger charge is -2.10. The number of hydrogen-bond donors (Lipinski definition) is 1. The number of hydrogen-bond acceptors (Lipinski definition) is 3. The number of nitrogens with one attached hydrogen (secondary N) is 1. The first-order valence-corrected chi connectivity index (χ1v) is 6.16. The van der Waals surface area contributed by atoms with Crippen molar-refractivity contribution in [1.82, 2.24) is 15.3 Å². The summed E-state index contributed by atoms with van der Waals surface area (Å²) in [5.41, 5.74) is 0.532. The largest absolute Gasteiger partial charge is 0.316 e. The predicted octanol–water partition coefficient (Wildman–Crippen LogP) is 3.25. The van der Waals surface area contributed by atoms with Crippen molar-refractivity contribution in [2.75, 3.05) is 7.05 Å². The molecule has 0 aliphatic rings. The third-order valence-corrected chi connectivity index (χ3v) is 2.86. The summed E-state index contributed by atoms with van der Waals surface area (Å²) in [5.74, 6) is -5.30. The van der Waals surface area contributed by atoms with Gasteiger partial charge >= 0.3 is 5.92 Å². The molecule has 0 amide bonds. The predicted molar refractivity (Wildman–Crippen MR) is 69.7 cm³/mol. The number of nitrogens with zero attached hydrogens (tertiary/aromatic N) is 2. The average molecular weight is 299 g/mol. The van der Waals surface area contributed by atoms with Crippen LogP contribution in [0.1, 0.15) is 18.3 Å². The van der Waals surface area contributed by atoms with E-state index in [2.05, 4.69) is 15.3 Å². The fraction of sp³-hybridized carbons (Fsp3) is 0.286. The molecule has 2 rings (SSSR count). The van der Waals surface area contributed by atoms with E-state index in [1.807, 2.05) is 0 Å². The van der Waals surface area contributed by atoms with Crippen LogP contribution in [0.15, 0.2) is 24.5 Å². The lowest BCUT2D eigenvalue weighted by Crippen LogP contribution is -2.12. The highest BCUT2D eigenvalue weighted by atomic mass is 19.3. The Morgan fingerprint density at radius 2 is 1.71 bits per heavy atom. The van der Waals surface area contributed by atoms with Crippen LogP contribution >= 0.6 is 0 Å². The van der Waals surface area contributed by atoms with E-state index in [-0.39, 0.29) is 23.2 Å².